The molecule has 2 heterocycles. The van der Waals surface area contributed by atoms with Gasteiger partial charge in [-0.2, -0.15) is 5.10 Å². The van der Waals surface area contributed by atoms with Crippen LogP contribution in [0.2, 0.25) is 5.02 Å². The van der Waals surface area contributed by atoms with E-state index in [2.05, 4.69) is 10.4 Å². The SMILES string of the molecule is Cc1nn(Cc2ccccc2Cl)c(C)c1/C=C/C(=O)OCC(=O)N1CCNC1=O. The molecule has 0 bridgehead atoms. The Balaban J connectivity index is 1.62. The van der Waals surface area contributed by atoms with Gasteiger partial charge in [0.25, 0.3) is 5.91 Å². The van der Waals surface area contributed by atoms with Crippen LogP contribution in [-0.4, -0.2) is 52.3 Å². The van der Waals surface area contributed by atoms with E-state index in [1.165, 1.54) is 6.08 Å². The van der Waals surface area contributed by atoms with Gasteiger partial charge < -0.3 is 10.1 Å². The third kappa shape index (κ3) is 4.83. The van der Waals surface area contributed by atoms with Crippen molar-refractivity contribution in [3.8, 4) is 0 Å². The first-order valence-electron chi connectivity index (χ1n) is 9.07. The van der Waals surface area contributed by atoms with Crippen LogP contribution in [0.5, 0.6) is 0 Å². The van der Waals surface area contributed by atoms with Crippen molar-refractivity contribution in [2.45, 2.75) is 20.4 Å². The van der Waals surface area contributed by atoms with Crippen LogP contribution in [0.1, 0.15) is 22.5 Å². The molecule has 0 aliphatic carbocycles. The van der Waals surface area contributed by atoms with Crippen molar-refractivity contribution in [1.82, 2.24) is 20.0 Å². The van der Waals surface area contributed by atoms with Crippen molar-refractivity contribution >= 4 is 35.6 Å². The standard InChI is InChI=1S/C20H21ClN4O4/c1-13-16(14(2)25(23-13)11-15-5-3-4-6-17(15)21)7-8-19(27)29-12-18(26)24-10-9-22-20(24)28/h3-8H,9-12H2,1-2H3,(H,22,28)/b8-7+. The zero-order valence-corrected chi connectivity index (χ0v) is 16.9. The third-order valence-corrected chi connectivity index (χ3v) is 4.97. The van der Waals surface area contributed by atoms with Gasteiger partial charge >= 0.3 is 12.0 Å². The molecule has 0 unspecified atom stereocenters. The van der Waals surface area contributed by atoms with Gasteiger partial charge in [-0.05, 0) is 31.6 Å². The van der Waals surface area contributed by atoms with Gasteiger partial charge in [0.2, 0.25) is 0 Å². The molecule has 152 valence electrons. The Morgan fingerprint density at radius 2 is 2.07 bits per heavy atom. The van der Waals surface area contributed by atoms with Gasteiger partial charge in [-0.3, -0.25) is 14.4 Å². The molecule has 0 radical (unpaired) electrons. The Morgan fingerprint density at radius 3 is 2.76 bits per heavy atom. The summed E-state index contributed by atoms with van der Waals surface area (Å²) in [6, 6.07) is 7.07. The maximum atomic E-state index is 12.0. The molecule has 1 aliphatic heterocycles. The molecular weight excluding hydrogens is 396 g/mol. The largest absolute Gasteiger partial charge is 0.452 e. The first-order valence-corrected chi connectivity index (χ1v) is 9.45. The molecule has 2 aromatic rings. The van der Waals surface area contributed by atoms with Crippen LogP contribution >= 0.6 is 11.6 Å². The number of carbonyl (C=O) groups is 3. The molecule has 3 rings (SSSR count). The number of urea groups is 1. The Bertz CT molecular complexity index is 983. The topological polar surface area (TPSA) is 93.5 Å². The van der Waals surface area contributed by atoms with Gasteiger partial charge in [-0.25, -0.2) is 9.59 Å². The summed E-state index contributed by atoms with van der Waals surface area (Å²) in [5, 5.41) is 7.69. The zero-order chi connectivity index (χ0) is 21.0. The number of aromatic nitrogens is 2. The number of carbonyl (C=O) groups excluding carboxylic acids is 3. The molecule has 1 aliphatic rings. The lowest BCUT2D eigenvalue weighted by Gasteiger charge is -2.11. The van der Waals surface area contributed by atoms with Crippen LogP contribution in [-0.2, 0) is 20.9 Å². The fourth-order valence-corrected chi connectivity index (χ4v) is 3.21. The van der Waals surface area contributed by atoms with Crippen LogP contribution in [0.25, 0.3) is 6.08 Å². The summed E-state index contributed by atoms with van der Waals surface area (Å²) < 4.78 is 6.76. The normalized spacial score (nSPS) is 13.8. The lowest BCUT2D eigenvalue weighted by molar-refractivity contribution is -0.146. The lowest BCUT2D eigenvalue weighted by Crippen LogP contribution is -2.37. The summed E-state index contributed by atoms with van der Waals surface area (Å²) in [5.74, 6) is -1.22. The highest BCUT2D eigenvalue weighted by atomic mass is 35.5. The summed E-state index contributed by atoms with van der Waals surface area (Å²) in [5.41, 5.74) is 3.36. The van der Waals surface area contributed by atoms with E-state index in [0.29, 0.717) is 18.1 Å². The highest BCUT2D eigenvalue weighted by Gasteiger charge is 2.26. The summed E-state index contributed by atoms with van der Waals surface area (Å²) in [4.78, 5) is 36.3. The predicted molar refractivity (Wildman–Crippen MR) is 107 cm³/mol. The van der Waals surface area contributed by atoms with E-state index in [0.717, 1.165) is 27.4 Å². The fraction of sp³-hybridized carbons (Fsp3) is 0.300. The fourth-order valence-electron chi connectivity index (χ4n) is 3.01. The minimum Gasteiger partial charge on any atom is -0.452 e. The molecule has 1 fully saturated rings. The summed E-state index contributed by atoms with van der Waals surface area (Å²) >= 11 is 6.22. The summed E-state index contributed by atoms with van der Waals surface area (Å²) in [6.07, 6.45) is 2.85. The van der Waals surface area contributed by atoms with Gasteiger partial charge in [0.15, 0.2) is 6.61 Å². The molecule has 0 spiro atoms. The Hall–Kier alpha value is -3.13. The van der Waals surface area contributed by atoms with E-state index in [4.69, 9.17) is 16.3 Å². The van der Waals surface area contributed by atoms with Gasteiger partial charge in [0.05, 0.1) is 12.2 Å². The lowest BCUT2D eigenvalue weighted by atomic mass is 10.1. The average molecular weight is 417 g/mol. The average Bonchev–Trinajstić information content (AvgIpc) is 3.23. The number of imide groups is 1. The maximum Gasteiger partial charge on any atom is 0.331 e. The monoisotopic (exact) mass is 416 g/mol. The molecule has 0 atom stereocenters. The highest BCUT2D eigenvalue weighted by Crippen LogP contribution is 2.20. The zero-order valence-electron chi connectivity index (χ0n) is 16.1. The third-order valence-electron chi connectivity index (χ3n) is 4.60. The smallest absolute Gasteiger partial charge is 0.331 e. The molecule has 0 saturated carbocycles. The van der Waals surface area contributed by atoms with Crippen molar-refractivity contribution in [3.63, 3.8) is 0 Å². The molecular formula is C20H21ClN4O4. The van der Waals surface area contributed by atoms with Gasteiger partial charge in [-0.15, -0.1) is 0 Å². The van der Waals surface area contributed by atoms with Crippen molar-refractivity contribution in [2.75, 3.05) is 19.7 Å². The van der Waals surface area contributed by atoms with Crippen LogP contribution in [0.15, 0.2) is 30.3 Å². The molecule has 3 amide bonds. The number of rotatable bonds is 6. The molecule has 8 nitrogen and oxygen atoms in total. The van der Waals surface area contributed by atoms with Crippen LogP contribution in [0, 0.1) is 13.8 Å². The van der Waals surface area contributed by atoms with E-state index in [-0.39, 0.29) is 6.54 Å². The molecule has 1 N–H and O–H groups in total. The van der Waals surface area contributed by atoms with E-state index in [9.17, 15) is 14.4 Å². The molecule has 1 aromatic carbocycles. The number of halogens is 1. The molecule has 9 heteroatoms. The van der Waals surface area contributed by atoms with E-state index in [1.54, 1.807) is 6.08 Å². The predicted octanol–water partition coefficient (Wildman–Crippen LogP) is 2.31. The first kappa shape index (κ1) is 20.6. The van der Waals surface area contributed by atoms with E-state index >= 15 is 0 Å². The second-order valence-corrected chi connectivity index (χ2v) is 6.96. The Morgan fingerprint density at radius 1 is 1.31 bits per heavy atom. The second-order valence-electron chi connectivity index (χ2n) is 6.55. The number of hydrogen-bond acceptors (Lipinski definition) is 5. The number of nitrogens with one attached hydrogen (secondary N) is 1. The number of esters is 1. The van der Waals surface area contributed by atoms with Crippen molar-refractivity contribution in [3.05, 3.63) is 57.9 Å². The highest BCUT2D eigenvalue weighted by molar-refractivity contribution is 6.31. The first-order chi connectivity index (χ1) is 13.9. The van der Waals surface area contributed by atoms with Gasteiger partial charge in [0.1, 0.15) is 0 Å². The van der Waals surface area contributed by atoms with Gasteiger partial charge in [0, 0.05) is 35.4 Å². The Labute approximate surface area is 173 Å². The van der Waals surface area contributed by atoms with E-state index < -0.39 is 24.5 Å². The Kier molecular flexibility index (Phi) is 6.33. The van der Waals surface area contributed by atoms with Crippen LogP contribution < -0.4 is 5.32 Å². The number of benzene rings is 1. The summed E-state index contributed by atoms with van der Waals surface area (Å²) in [7, 11) is 0. The van der Waals surface area contributed by atoms with Gasteiger partial charge in [-0.1, -0.05) is 29.8 Å². The van der Waals surface area contributed by atoms with Crippen LogP contribution in [0.4, 0.5) is 4.79 Å². The minimum atomic E-state index is -0.671. The quantitative estimate of drug-likeness (QED) is 0.576. The molecule has 29 heavy (non-hydrogen) atoms. The summed E-state index contributed by atoms with van der Waals surface area (Å²) in [6.45, 7) is 4.44. The maximum absolute atomic E-state index is 12.0. The van der Waals surface area contributed by atoms with E-state index in [1.807, 2.05) is 42.8 Å². The number of aryl methyl sites for hydroxylation is 1. The van der Waals surface area contributed by atoms with Crippen LogP contribution in [0.3, 0.4) is 0 Å². The minimum absolute atomic E-state index is 0.272. The number of ether oxygens (including phenoxy) is 1. The molecule has 1 aromatic heterocycles. The van der Waals surface area contributed by atoms with Crippen molar-refractivity contribution in [2.24, 2.45) is 0 Å². The van der Waals surface area contributed by atoms with Crippen molar-refractivity contribution < 1.29 is 19.1 Å². The van der Waals surface area contributed by atoms with Crippen molar-refractivity contribution in [1.29, 1.82) is 0 Å². The number of amides is 3. The second kappa shape index (κ2) is 8.91. The number of nitrogens with zero attached hydrogens (tertiary/aromatic N) is 3. The number of hydrogen-bond donors (Lipinski definition) is 1. The molecule has 1 saturated heterocycles.